The highest BCUT2D eigenvalue weighted by Crippen LogP contribution is 2.12. The van der Waals surface area contributed by atoms with Gasteiger partial charge in [0.05, 0.1) is 5.57 Å². The zero-order valence-corrected chi connectivity index (χ0v) is 15.7. The van der Waals surface area contributed by atoms with Gasteiger partial charge < -0.3 is 5.32 Å². The molecule has 0 saturated heterocycles. The number of hydrogen-bond acceptors (Lipinski definition) is 1. The highest BCUT2D eigenvalue weighted by atomic mass is 16.1. The molecule has 1 aliphatic rings. The molecule has 0 fully saturated rings. The highest BCUT2D eigenvalue weighted by molar-refractivity contribution is 5.96. The smallest absolute Gasteiger partial charge is 0.259 e. The number of unbranched alkanes of at least 4 members (excludes halogenated alkanes) is 13. The standard InChI is InChI=1S/C22H37NO/c1-2-3-4-5-6-7-8-9-10-11-12-13-14-17-20-23-22(24)21-18-15-16-19-21/h15-16,18H,2-14,17,20H2,1H3,(H,23,24). The number of carbonyl (C=O) groups excluding carboxylic acids is 1. The summed E-state index contributed by atoms with van der Waals surface area (Å²) in [5, 5.41) is 2.96. The molecule has 1 rings (SSSR count). The lowest BCUT2D eigenvalue weighted by atomic mass is 10.0. The predicted molar refractivity (Wildman–Crippen MR) is 104 cm³/mol. The average Bonchev–Trinajstić information content (AvgIpc) is 3.13. The second-order valence-corrected chi connectivity index (χ2v) is 6.94. The van der Waals surface area contributed by atoms with E-state index in [2.05, 4.69) is 18.0 Å². The lowest BCUT2D eigenvalue weighted by Gasteiger charge is -2.05. The van der Waals surface area contributed by atoms with Crippen molar-refractivity contribution in [1.82, 2.24) is 5.32 Å². The molecule has 0 spiro atoms. The van der Waals surface area contributed by atoms with Gasteiger partial charge in [-0.25, -0.2) is 0 Å². The van der Waals surface area contributed by atoms with Crippen LogP contribution >= 0.6 is 0 Å². The van der Waals surface area contributed by atoms with Gasteiger partial charge in [-0.2, -0.15) is 0 Å². The van der Waals surface area contributed by atoms with Crippen LogP contribution in [0.25, 0.3) is 0 Å². The van der Waals surface area contributed by atoms with Gasteiger partial charge in [0.25, 0.3) is 5.91 Å². The number of hydrogen-bond donors (Lipinski definition) is 1. The number of carbonyl (C=O) groups is 1. The lowest BCUT2D eigenvalue weighted by molar-refractivity contribution is -0.117. The van der Waals surface area contributed by atoms with Crippen molar-refractivity contribution in [3.05, 3.63) is 29.5 Å². The number of nitrogens with one attached hydrogen (secondary N) is 1. The zero-order chi connectivity index (χ0) is 17.3. The molecule has 1 aliphatic carbocycles. The van der Waals surface area contributed by atoms with E-state index in [1.54, 1.807) is 12.2 Å². The maximum absolute atomic E-state index is 11.7. The van der Waals surface area contributed by atoms with E-state index in [1.807, 2.05) is 6.08 Å². The SMILES string of the molecule is CCCCCCCCCCCCCCCCNC(=O)C1=C=CC=C1. The van der Waals surface area contributed by atoms with Crippen LogP contribution in [0.2, 0.25) is 0 Å². The van der Waals surface area contributed by atoms with Crippen LogP contribution in [-0.4, -0.2) is 12.5 Å². The Labute approximate surface area is 149 Å². The van der Waals surface area contributed by atoms with Gasteiger partial charge >= 0.3 is 0 Å². The Balaban J connectivity index is 1.74. The number of allylic oxidation sites excluding steroid dienone is 1. The summed E-state index contributed by atoms with van der Waals surface area (Å²) in [4.78, 5) is 11.7. The normalized spacial score (nSPS) is 12.6. The van der Waals surface area contributed by atoms with Crippen LogP contribution in [0.4, 0.5) is 0 Å². The minimum Gasteiger partial charge on any atom is -0.352 e. The monoisotopic (exact) mass is 331 g/mol. The fourth-order valence-electron chi connectivity index (χ4n) is 3.09. The van der Waals surface area contributed by atoms with Gasteiger partial charge in [0, 0.05) is 6.54 Å². The van der Waals surface area contributed by atoms with Crippen molar-refractivity contribution in [1.29, 1.82) is 0 Å². The van der Waals surface area contributed by atoms with Crippen LogP contribution < -0.4 is 5.32 Å². The van der Waals surface area contributed by atoms with E-state index >= 15 is 0 Å². The first kappa shape index (κ1) is 20.8. The molecule has 1 amide bonds. The minimum absolute atomic E-state index is 0.00898. The molecule has 0 heterocycles. The topological polar surface area (TPSA) is 29.1 Å². The summed E-state index contributed by atoms with van der Waals surface area (Å²) in [7, 11) is 0. The number of rotatable bonds is 16. The second kappa shape index (κ2) is 15.3. The maximum atomic E-state index is 11.7. The molecular weight excluding hydrogens is 294 g/mol. The maximum Gasteiger partial charge on any atom is 0.259 e. The summed E-state index contributed by atoms with van der Waals surface area (Å²) in [5.74, 6) is 0.00898. The number of amides is 1. The van der Waals surface area contributed by atoms with Crippen LogP contribution in [0.1, 0.15) is 96.8 Å². The van der Waals surface area contributed by atoms with Crippen LogP contribution in [0.5, 0.6) is 0 Å². The molecule has 24 heavy (non-hydrogen) atoms. The van der Waals surface area contributed by atoms with E-state index in [4.69, 9.17) is 0 Å². The van der Waals surface area contributed by atoms with Gasteiger partial charge in [0.2, 0.25) is 0 Å². The van der Waals surface area contributed by atoms with Crippen molar-refractivity contribution >= 4 is 5.91 Å². The van der Waals surface area contributed by atoms with Crippen molar-refractivity contribution in [2.75, 3.05) is 6.54 Å². The Bertz CT molecular complexity index is 416. The van der Waals surface area contributed by atoms with Crippen molar-refractivity contribution in [3.8, 4) is 0 Å². The van der Waals surface area contributed by atoms with Crippen molar-refractivity contribution in [2.24, 2.45) is 0 Å². The third-order valence-corrected chi connectivity index (χ3v) is 4.66. The first-order valence-electron chi connectivity index (χ1n) is 10.3. The molecule has 0 aromatic carbocycles. The summed E-state index contributed by atoms with van der Waals surface area (Å²) >= 11 is 0. The summed E-state index contributed by atoms with van der Waals surface area (Å²) in [6.07, 6.45) is 24.5. The van der Waals surface area contributed by atoms with Gasteiger partial charge in [0.15, 0.2) is 0 Å². The molecule has 0 unspecified atom stereocenters. The molecule has 0 atom stereocenters. The van der Waals surface area contributed by atoms with E-state index in [0.717, 1.165) is 13.0 Å². The third-order valence-electron chi connectivity index (χ3n) is 4.66. The van der Waals surface area contributed by atoms with Crippen molar-refractivity contribution in [2.45, 2.75) is 96.8 Å². The fourth-order valence-corrected chi connectivity index (χ4v) is 3.09. The molecule has 0 radical (unpaired) electrons. The second-order valence-electron chi connectivity index (χ2n) is 6.94. The van der Waals surface area contributed by atoms with E-state index in [1.165, 1.54) is 83.5 Å². The van der Waals surface area contributed by atoms with E-state index in [0.29, 0.717) is 5.57 Å². The van der Waals surface area contributed by atoms with Crippen LogP contribution in [-0.2, 0) is 4.79 Å². The molecule has 136 valence electrons. The molecule has 0 aromatic rings. The first-order valence-corrected chi connectivity index (χ1v) is 10.3. The minimum atomic E-state index is 0.00898. The molecule has 0 aromatic heterocycles. The largest absolute Gasteiger partial charge is 0.352 e. The molecule has 0 saturated carbocycles. The van der Waals surface area contributed by atoms with Gasteiger partial charge in [-0.15, -0.1) is 5.73 Å². The highest BCUT2D eigenvalue weighted by Gasteiger charge is 2.05. The van der Waals surface area contributed by atoms with Crippen molar-refractivity contribution in [3.63, 3.8) is 0 Å². The Morgan fingerprint density at radius 3 is 1.79 bits per heavy atom. The van der Waals surface area contributed by atoms with Crippen LogP contribution in [0.15, 0.2) is 29.5 Å². The molecule has 0 aliphatic heterocycles. The quantitative estimate of drug-likeness (QED) is 0.263. The van der Waals surface area contributed by atoms with E-state index in [-0.39, 0.29) is 5.91 Å². The zero-order valence-electron chi connectivity index (χ0n) is 15.7. The van der Waals surface area contributed by atoms with Crippen LogP contribution in [0.3, 0.4) is 0 Å². The van der Waals surface area contributed by atoms with Gasteiger partial charge in [-0.3, -0.25) is 4.79 Å². The molecule has 2 nitrogen and oxygen atoms in total. The summed E-state index contributed by atoms with van der Waals surface area (Å²) in [5.41, 5.74) is 3.58. The van der Waals surface area contributed by atoms with E-state index < -0.39 is 0 Å². The Hall–Kier alpha value is -1.27. The summed E-state index contributed by atoms with van der Waals surface area (Å²) in [6, 6.07) is 0. The lowest BCUT2D eigenvalue weighted by Crippen LogP contribution is -2.24. The van der Waals surface area contributed by atoms with Gasteiger partial charge in [0.1, 0.15) is 0 Å². The van der Waals surface area contributed by atoms with Gasteiger partial charge in [-0.05, 0) is 18.6 Å². The third kappa shape index (κ3) is 11.3. The Morgan fingerprint density at radius 1 is 0.833 bits per heavy atom. The van der Waals surface area contributed by atoms with Gasteiger partial charge in [-0.1, -0.05) is 96.5 Å². The predicted octanol–water partition coefficient (Wildman–Crippen LogP) is 6.24. The molecule has 1 N–H and O–H groups in total. The summed E-state index contributed by atoms with van der Waals surface area (Å²) in [6.45, 7) is 3.06. The summed E-state index contributed by atoms with van der Waals surface area (Å²) < 4.78 is 0. The van der Waals surface area contributed by atoms with E-state index in [9.17, 15) is 4.79 Å². The first-order chi connectivity index (χ1) is 11.8. The molecular formula is C22H37NO. The Morgan fingerprint density at radius 2 is 1.33 bits per heavy atom. The Kier molecular flexibility index (Phi) is 13.2. The molecule has 0 bridgehead atoms. The molecule has 2 heteroatoms. The van der Waals surface area contributed by atoms with Crippen molar-refractivity contribution < 1.29 is 4.79 Å². The fraction of sp³-hybridized carbons (Fsp3) is 0.727. The average molecular weight is 332 g/mol. The van der Waals surface area contributed by atoms with Crippen LogP contribution in [0, 0.1) is 0 Å².